The molecule has 0 fully saturated rings. The maximum atomic E-state index is 13.7. The lowest BCUT2D eigenvalue weighted by atomic mass is 10.1. The van der Waals surface area contributed by atoms with E-state index >= 15 is 0 Å². The summed E-state index contributed by atoms with van der Waals surface area (Å²) in [4.78, 5) is 12.4. The largest absolute Gasteiger partial charge is 0.467 e. The Hall–Kier alpha value is -1.99. The van der Waals surface area contributed by atoms with Gasteiger partial charge in [0.25, 0.3) is 0 Å². The zero-order valence-corrected chi connectivity index (χ0v) is 13.7. The average Bonchev–Trinajstić information content (AvgIpc) is 3.01. The van der Waals surface area contributed by atoms with Gasteiger partial charge in [-0.3, -0.25) is 0 Å². The Kier molecular flexibility index (Phi) is 6.06. The quantitative estimate of drug-likeness (QED) is 0.701. The van der Waals surface area contributed by atoms with Crippen LogP contribution in [0.15, 0.2) is 45.9 Å². The van der Waals surface area contributed by atoms with Crippen LogP contribution in [-0.2, 0) is 0 Å². The standard InChI is InChI=1S/C16H19FN2O3S/c1-10(8-13(20)14-4-3-7-22-14)18-16(21)19-11-5-6-15(23-2)12(17)9-11/h3-7,9-10,13,20H,8H2,1-2H3,(H2,18,19,21). The van der Waals surface area contributed by atoms with E-state index in [0.717, 1.165) is 0 Å². The summed E-state index contributed by atoms with van der Waals surface area (Å²) in [6.45, 7) is 1.77. The van der Waals surface area contributed by atoms with Crippen LogP contribution in [0.1, 0.15) is 25.2 Å². The van der Waals surface area contributed by atoms with E-state index in [1.807, 2.05) is 0 Å². The van der Waals surface area contributed by atoms with E-state index in [1.54, 1.807) is 37.4 Å². The molecule has 7 heteroatoms. The molecule has 5 nitrogen and oxygen atoms in total. The highest BCUT2D eigenvalue weighted by atomic mass is 32.2. The Bertz CT molecular complexity index is 649. The third kappa shape index (κ3) is 5.01. The smallest absolute Gasteiger partial charge is 0.319 e. The normalized spacial score (nSPS) is 13.4. The monoisotopic (exact) mass is 338 g/mol. The highest BCUT2D eigenvalue weighted by molar-refractivity contribution is 7.98. The minimum absolute atomic E-state index is 0.287. The van der Waals surface area contributed by atoms with Gasteiger partial charge in [-0.05, 0) is 43.5 Å². The molecule has 124 valence electrons. The number of furan rings is 1. The molecule has 0 radical (unpaired) electrons. The second kappa shape index (κ2) is 8.03. The molecule has 0 saturated heterocycles. The van der Waals surface area contributed by atoms with Crippen molar-refractivity contribution >= 4 is 23.5 Å². The Morgan fingerprint density at radius 2 is 2.22 bits per heavy atom. The van der Waals surface area contributed by atoms with Gasteiger partial charge in [-0.1, -0.05) is 0 Å². The van der Waals surface area contributed by atoms with Crippen molar-refractivity contribution in [3.8, 4) is 0 Å². The fourth-order valence-electron chi connectivity index (χ4n) is 2.13. The minimum atomic E-state index is -0.793. The van der Waals surface area contributed by atoms with Crippen molar-refractivity contribution in [1.29, 1.82) is 0 Å². The SMILES string of the molecule is CSc1ccc(NC(=O)NC(C)CC(O)c2ccco2)cc1F. The van der Waals surface area contributed by atoms with Gasteiger partial charge in [0.15, 0.2) is 0 Å². The molecule has 0 aliphatic rings. The number of benzene rings is 1. The zero-order valence-electron chi connectivity index (χ0n) is 12.9. The molecule has 1 aromatic carbocycles. The zero-order chi connectivity index (χ0) is 16.8. The van der Waals surface area contributed by atoms with Crippen molar-refractivity contribution < 1.29 is 18.7 Å². The number of aliphatic hydroxyl groups excluding tert-OH is 1. The van der Waals surface area contributed by atoms with Crippen molar-refractivity contribution in [1.82, 2.24) is 5.32 Å². The van der Waals surface area contributed by atoms with Gasteiger partial charge >= 0.3 is 6.03 Å². The molecule has 2 unspecified atom stereocenters. The first kappa shape index (κ1) is 17.4. The van der Waals surface area contributed by atoms with Gasteiger partial charge in [-0.25, -0.2) is 9.18 Å². The maximum Gasteiger partial charge on any atom is 0.319 e. The average molecular weight is 338 g/mol. The van der Waals surface area contributed by atoms with Crippen LogP contribution in [0.3, 0.4) is 0 Å². The lowest BCUT2D eigenvalue weighted by Crippen LogP contribution is -2.37. The first-order chi connectivity index (χ1) is 11.0. The van der Waals surface area contributed by atoms with E-state index < -0.39 is 12.1 Å². The predicted molar refractivity (Wildman–Crippen MR) is 88.1 cm³/mol. The number of carbonyl (C=O) groups excluding carboxylic acids is 1. The van der Waals surface area contributed by atoms with Gasteiger partial charge in [0, 0.05) is 23.0 Å². The molecule has 1 heterocycles. The number of hydrogen-bond donors (Lipinski definition) is 3. The summed E-state index contributed by atoms with van der Waals surface area (Å²) in [6.07, 6.45) is 2.78. The van der Waals surface area contributed by atoms with Crippen molar-refractivity contribution in [2.24, 2.45) is 0 Å². The highest BCUT2D eigenvalue weighted by Gasteiger charge is 2.16. The number of halogens is 1. The van der Waals surface area contributed by atoms with Gasteiger partial charge in [0.05, 0.1) is 6.26 Å². The fraction of sp³-hybridized carbons (Fsp3) is 0.312. The lowest BCUT2D eigenvalue weighted by molar-refractivity contribution is 0.130. The van der Waals surface area contributed by atoms with Gasteiger partial charge in [0.1, 0.15) is 17.7 Å². The molecule has 2 atom stereocenters. The van der Waals surface area contributed by atoms with Gasteiger partial charge in [0.2, 0.25) is 0 Å². The van der Waals surface area contributed by atoms with Crippen LogP contribution >= 0.6 is 11.8 Å². The fourth-order valence-corrected chi connectivity index (χ4v) is 2.58. The summed E-state index contributed by atoms with van der Waals surface area (Å²) in [5, 5.41) is 15.2. The number of aliphatic hydroxyl groups is 1. The Labute approximate surface area is 138 Å². The number of rotatable bonds is 6. The van der Waals surface area contributed by atoms with Crippen LogP contribution in [-0.4, -0.2) is 23.4 Å². The van der Waals surface area contributed by atoms with Gasteiger partial charge < -0.3 is 20.2 Å². The molecule has 0 bridgehead atoms. The molecule has 0 saturated carbocycles. The number of amides is 2. The first-order valence-electron chi connectivity index (χ1n) is 7.12. The molecule has 2 aromatic rings. The van der Waals surface area contributed by atoms with Crippen molar-refractivity contribution in [2.45, 2.75) is 30.4 Å². The summed E-state index contributed by atoms with van der Waals surface area (Å²) in [5.41, 5.74) is 0.372. The molecule has 0 aliphatic carbocycles. The molecule has 2 amide bonds. The number of urea groups is 1. The van der Waals surface area contributed by atoms with Gasteiger partial charge in [-0.2, -0.15) is 0 Å². The highest BCUT2D eigenvalue weighted by Crippen LogP contribution is 2.22. The second-order valence-corrected chi connectivity index (χ2v) is 5.96. The Balaban J connectivity index is 1.85. The lowest BCUT2D eigenvalue weighted by Gasteiger charge is -2.17. The topological polar surface area (TPSA) is 74.5 Å². The van der Waals surface area contributed by atoms with Crippen LogP contribution in [0.5, 0.6) is 0 Å². The van der Waals surface area contributed by atoms with Gasteiger partial charge in [-0.15, -0.1) is 11.8 Å². The van der Waals surface area contributed by atoms with E-state index in [0.29, 0.717) is 22.8 Å². The summed E-state index contributed by atoms with van der Waals surface area (Å²) < 4.78 is 18.8. The second-order valence-electron chi connectivity index (χ2n) is 5.12. The molecular formula is C16H19FN2O3S. The van der Waals surface area contributed by atoms with Crippen molar-refractivity contribution in [2.75, 3.05) is 11.6 Å². The number of thioether (sulfide) groups is 1. The summed E-state index contributed by atoms with van der Waals surface area (Å²) in [7, 11) is 0. The van der Waals surface area contributed by atoms with Crippen molar-refractivity contribution in [3.63, 3.8) is 0 Å². The van der Waals surface area contributed by atoms with Crippen LogP contribution in [0.25, 0.3) is 0 Å². The van der Waals surface area contributed by atoms with Crippen LogP contribution in [0, 0.1) is 5.82 Å². The minimum Gasteiger partial charge on any atom is -0.467 e. The van der Waals surface area contributed by atoms with Crippen LogP contribution < -0.4 is 10.6 Å². The summed E-state index contributed by atoms with van der Waals surface area (Å²) in [6, 6.07) is 7.14. The predicted octanol–water partition coefficient (Wildman–Crippen LogP) is 3.77. The molecule has 0 spiro atoms. The first-order valence-corrected chi connectivity index (χ1v) is 8.34. The molecular weight excluding hydrogens is 319 g/mol. The molecule has 0 aliphatic heterocycles. The maximum absolute atomic E-state index is 13.7. The van der Waals surface area contributed by atoms with Crippen LogP contribution in [0.4, 0.5) is 14.9 Å². The summed E-state index contributed by atoms with van der Waals surface area (Å²) >= 11 is 1.30. The Morgan fingerprint density at radius 1 is 1.43 bits per heavy atom. The number of hydrogen-bond acceptors (Lipinski definition) is 4. The summed E-state index contributed by atoms with van der Waals surface area (Å²) in [5.74, 6) is 0.0744. The van der Waals surface area contributed by atoms with Crippen LogP contribution in [0.2, 0.25) is 0 Å². The van der Waals surface area contributed by atoms with E-state index in [4.69, 9.17) is 4.42 Å². The van der Waals surface area contributed by atoms with E-state index in [1.165, 1.54) is 24.1 Å². The molecule has 1 aromatic heterocycles. The van der Waals surface area contributed by atoms with Crippen molar-refractivity contribution in [3.05, 3.63) is 48.2 Å². The third-order valence-electron chi connectivity index (χ3n) is 3.24. The number of carbonyl (C=O) groups is 1. The van der Waals surface area contributed by atoms with E-state index in [2.05, 4.69) is 10.6 Å². The molecule has 23 heavy (non-hydrogen) atoms. The van der Waals surface area contributed by atoms with E-state index in [9.17, 15) is 14.3 Å². The molecule has 3 N–H and O–H groups in total. The number of anilines is 1. The number of nitrogens with one attached hydrogen (secondary N) is 2. The Morgan fingerprint density at radius 3 is 2.83 bits per heavy atom. The van der Waals surface area contributed by atoms with E-state index in [-0.39, 0.29) is 11.9 Å². The molecule has 2 rings (SSSR count). The third-order valence-corrected chi connectivity index (χ3v) is 4.01.